The van der Waals surface area contributed by atoms with Crippen LogP contribution >= 0.6 is 0 Å². The number of ether oxygens (including phenoxy) is 2. The number of hydrogen-bond acceptors (Lipinski definition) is 4. The van der Waals surface area contributed by atoms with Crippen molar-refractivity contribution >= 4 is 11.9 Å². The number of carbonyl (C=O) groups excluding carboxylic acids is 2. The van der Waals surface area contributed by atoms with E-state index in [9.17, 15) is 9.59 Å². The highest BCUT2D eigenvalue weighted by Crippen LogP contribution is 2.17. The molecule has 0 aromatic carbocycles. The SMILES string of the molecule is CC(C)CCCCCCCCCCCCCCCCCOC(=O)CCCCCCCC(=O)OCCCCCCCCCCCCCCCCCC(C)C. The van der Waals surface area contributed by atoms with E-state index in [0.29, 0.717) is 26.1 Å². The van der Waals surface area contributed by atoms with Crippen LogP contribution in [0.5, 0.6) is 0 Å². The minimum absolute atomic E-state index is 0.0427. The van der Waals surface area contributed by atoms with Crippen molar-refractivity contribution in [2.45, 2.75) is 278 Å². The van der Waals surface area contributed by atoms with E-state index in [1.165, 1.54) is 193 Å². The van der Waals surface area contributed by atoms with Crippen molar-refractivity contribution in [2.24, 2.45) is 11.8 Å². The Balaban J connectivity index is 3.24. The third-order valence-electron chi connectivity index (χ3n) is 11.1. The first-order valence-electron chi connectivity index (χ1n) is 24.2. The number of unbranched alkanes of at least 4 members (excludes halogenated alkanes) is 32. The molecule has 0 saturated heterocycles. The summed E-state index contributed by atoms with van der Waals surface area (Å²) in [6.45, 7) is 10.5. The standard InChI is InChI=1S/C49H96O4/c1-46(2)40-34-28-23-19-15-11-7-5-9-13-17-21-25-32-38-44-52-48(50)42-36-30-27-31-37-43-49(51)53-45-39-33-26-22-18-14-10-6-8-12-16-20-24-29-35-41-47(3)4/h46-47H,5-45H2,1-4H3. The van der Waals surface area contributed by atoms with Crippen LogP contribution in [0.1, 0.15) is 278 Å². The van der Waals surface area contributed by atoms with Gasteiger partial charge in [-0.15, -0.1) is 0 Å². The lowest BCUT2D eigenvalue weighted by molar-refractivity contribution is -0.144. The molecule has 0 spiro atoms. The lowest BCUT2D eigenvalue weighted by atomic mass is 10.0. The Hall–Kier alpha value is -1.06. The lowest BCUT2D eigenvalue weighted by Crippen LogP contribution is -2.06. The summed E-state index contributed by atoms with van der Waals surface area (Å²) in [5, 5.41) is 0. The Bertz CT molecular complexity index is 672. The van der Waals surface area contributed by atoms with Crippen molar-refractivity contribution in [3.8, 4) is 0 Å². The fourth-order valence-corrected chi connectivity index (χ4v) is 7.49. The molecule has 316 valence electrons. The zero-order chi connectivity index (χ0) is 38.7. The highest BCUT2D eigenvalue weighted by Gasteiger charge is 2.05. The second-order valence-corrected chi connectivity index (χ2v) is 17.7. The number of carbonyl (C=O) groups is 2. The summed E-state index contributed by atoms with van der Waals surface area (Å²) in [4.78, 5) is 24.1. The average molecular weight is 749 g/mol. The molecule has 53 heavy (non-hydrogen) atoms. The van der Waals surface area contributed by atoms with E-state index in [1.54, 1.807) is 0 Å². The van der Waals surface area contributed by atoms with E-state index in [-0.39, 0.29) is 11.9 Å². The van der Waals surface area contributed by atoms with Crippen molar-refractivity contribution in [1.82, 2.24) is 0 Å². The van der Waals surface area contributed by atoms with Gasteiger partial charge < -0.3 is 9.47 Å². The first-order valence-corrected chi connectivity index (χ1v) is 24.2. The van der Waals surface area contributed by atoms with Crippen LogP contribution in [0.25, 0.3) is 0 Å². The Morgan fingerprint density at radius 3 is 0.698 bits per heavy atom. The van der Waals surface area contributed by atoms with Crippen molar-refractivity contribution in [3.63, 3.8) is 0 Å². The average Bonchev–Trinajstić information content (AvgIpc) is 3.13. The Morgan fingerprint density at radius 1 is 0.283 bits per heavy atom. The molecule has 0 rings (SSSR count). The van der Waals surface area contributed by atoms with Gasteiger partial charge in [0.2, 0.25) is 0 Å². The minimum atomic E-state index is -0.0427. The summed E-state index contributed by atoms with van der Waals surface area (Å²) in [6.07, 6.45) is 49.4. The van der Waals surface area contributed by atoms with E-state index in [4.69, 9.17) is 9.47 Å². The van der Waals surface area contributed by atoms with Gasteiger partial charge in [0, 0.05) is 12.8 Å². The highest BCUT2D eigenvalue weighted by molar-refractivity contribution is 5.69. The van der Waals surface area contributed by atoms with Gasteiger partial charge in [0.1, 0.15) is 0 Å². The van der Waals surface area contributed by atoms with E-state index >= 15 is 0 Å². The molecule has 0 N–H and O–H groups in total. The molecule has 0 aliphatic rings. The summed E-state index contributed by atoms with van der Waals surface area (Å²) >= 11 is 0. The smallest absolute Gasteiger partial charge is 0.305 e. The van der Waals surface area contributed by atoms with Crippen LogP contribution in [-0.4, -0.2) is 25.2 Å². The quantitative estimate of drug-likeness (QED) is 0.0460. The fraction of sp³-hybridized carbons (Fsp3) is 0.959. The van der Waals surface area contributed by atoms with Crippen LogP contribution in [0.3, 0.4) is 0 Å². The van der Waals surface area contributed by atoms with E-state index in [2.05, 4.69) is 27.7 Å². The molecule has 0 heterocycles. The molecular formula is C49H96O4. The molecule has 4 heteroatoms. The van der Waals surface area contributed by atoms with Gasteiger partial charge in [-0.1, -0.05) is 240 Å². The highest BCUT2D eigenvalue weighted by atomic mass is 16.5. The van der Waals surface area contributed by atoms with E-state index in [0.717, 1.165) is 56.8 Å². The van der Waals surface area contributed by atoms with Gasteiger partial charge in [0.25, 0.3) is 0 Å². The van der Waals surface area contributed by atoms with E-state index < -0.39 is 0 Å². The molecule has 0 amide bonds. The van der Waals surface area contributed by atoms with Crippen molar-refractivity contribution in [3.05, 3.63) is 0 Å². The monoisotopic (exact) mass is 749 g/mol. The number of hydrogen-bond donors (Lipinski definition) is 0. The van der Waals surface area contributed by atoms with Gasteiger partial charge in [-0.25, -0.2) is 0 Å². The summed E-state index contributed by atoms with van der Waals surface area (Å²) in [6, 6.07) is 0. The van der Waals surface area contributed by atoms with Gasteiger partial charge in [0.15, 0.2) is 0 Å². The third-order valence-corrected chi connectivity index (χ3v) is 11.1. The second-order valence-electron chi connectivity index (χ2n) is 17.7. The van der Waals surface area contributed by atoms with Crippen molar-refractivity contribution < 1.29 is 19.1 Å². The molecule has 0 aromatic rings. The molecule has 0 aromatic heterocycles. The molecule has 0 radical (unpaired) electrons. The number of esters is 2. The molecule has 0 aliphatic heterocycles. The largest absolute Gasteiger partial charge is 0.466 e. The molecule has 0 unspecified atom stereocenters. The van der Waals surface area contributed by atoms with Gasteiger partial charge in [-0.05, 0) is 37.5 Å². The van der Waals surface area contributed by atoms with Crippen LogP contribution in [0.4, 0.5) is 0 Å². The molecule has 0 fully saturated rings. The van der Waals surface area contributed by atoms with Crippen molar-refractivity contribution in [2.75, 3.05) is 13.2 Å². The number of rotatable bonds is 44. The Morgan fingerprint density at radius 2 is 0.472 bits per heavy atom. The fourth-order valence-electron chi connectivity index (χ4n) is 7.49. The first-order chi connectivity index (χ1) is 25.9. The maximum Gasteiger partial charge on any atom is 0.305 e. The normalized spacial score (nSPS) is 11.6. The zero-order valence-electron chi connectivity index (χ0n) is 36.8. The Kier molecular flexibility index (Phi) is 42.8. The Labute approximate surface area is 333 Å². The van der Waals surface area contributed by atoms with E-state index in [1.807, 2.05) is 0 Å². The van der Waals surface area contributed by atoms with Gasteiger partial charge in [-0.3, -0.25) is 9.59 Å². The zero-order valence-corrected chi connectivity index (χ0v) is 36.8. The van der Waals surface area contributed by atoms with Crippen LogP contribution in [0.2, 0.25) is 0 Å². The summed E-state index contributed by atoms with van der Waals surface area (Å²) < 4.78 is 10.9. The molecule has 0 bridgehead atoms. The predicted molar refractivity (Wildman–Crippen MR) is 232 cm³/mol. The topological polar surface area (TPSA) is 52.6 Å². The molecule has 0 saturated carbocycles. The lowest BCUT2D eigenvalue weighted by Gasteiger charge is -2.06. The van der Waals surface area contributed by atoms with Crippen LogP contribution in [-0.2, 0) is 19.1 Å². The molecule has 0 atom stereocenters. The third kappa shape index (κ3) is 47.0. The first kappa shape index (κ1) is 51.9. The maximum absolute atomic E-state index is 12.0. The minimum Gasteiger partial charge on any atom is -0.466 e. The molecular weight excluding hydrogens is 653 g/mol. The van der Waals surface area contributed by atoms with Crippen LogP contribution in [0.15, 0.2) is 0 Å². The second kappa shape index (κ2) is 43.7. The molecule has 4 nitrogen and oxygen atoms in total. The predicted octanol–water partition coefficient (Wildman–Crippen LogP) is 16.6. The van der Waals surface area contributed by atoms with Gasteiger partial charge >= 0.3 is 11.9 Å². The van der Waals surface area contributed by atoms with Gasteiger partial charge in [0.05, 0.1) is 13.2 Å². The van der Waals surface area contributed by atoms with Crippen LogP contribution < -0.4 is 0 Å². The maximum atomic E-state index is 12.0. The van der Waals surface area contributed by atoms with Gasteiger partial charge in [-0.2, -0.15) is 0 Å². The summed E-state index contributed by atoms with van der Waals surface area (Å²) in [5.74, 6) is 1.65. The summed E-state index contributed by atoms with van der Waals surface area (Å²) in [7, 11) is 0. The van der Waals surface area contributed by atoms with Crippen molar-refractivity contribution in [1.29, 1.82) is 0 Å². The van der Waals surface area contributed by atoms with Crippen LogP contribution in [0, 0.1) is 11.8 Å². The molecule has 0 aliphatic carbocycles. The summed E-state index contributed by atoms with van der Waals surface area (Å²) in [5.41, 5.74) is 0.